The van der Waals surface area contributed by atoms with Crippen LogP contribution in [0.25, 0.3) is 11.0 Å². The number of rotatable bonds is 3. The molecule has 0 radical (unpaired) electrons. The Hall–Kier alpha value is -1.92. The first-order valence-corrected chi connectivity index (χ1v) is 8.15. The zero-order chi connectivity index (χ0) is 15.7. The largest absolute Gasteiger partial charge is 0.381 e. The lowest BCUT2D eigenvalue weighted by Gasteiger charge is -2.31. The lowest BCUT2D eigenvalue weighted by Crippen LogP contribution is -2.33. The van der Waals surface area contributed by atoms with Crippen molar-refractivity contribution in [3.8, 4) is 0 Å². The number of carbonyl (C=O) groups excluding carboxylic acids is 1. The molecule has 6 nitrogen and oxygen atoms in total. The van der Waals surface area contributed by atoms with Crippen LogP contribution in [0.15, 0.2) is 24.5 Å². The number of amides is 1. The minimum Gasteiger partial charge on any atom is -0.381 e. The van der Waals surface area contributed by atoms with E-state index in [0.29, 0.717) is 12.1 Å². The number of hydrogen-bond donors (Lipinski definition) is 2. The predicted octanol–water partition coefficient (Wildman–Crippen LogP) is 1.88. The molecule has 4 heterocycles. The standard InChI is InChI=1S/C17H21N3O3/c21-16(14-10-19-15-13(14)2-1-5-18-15)20-9-12-8-17(11-23-12)3-6-22-7-4-17/h1-2,5,10,12H,3-4,6-9,11H2,(H,18,19)(H,20,21). The summed E-state index contributed by atoms with van der Waals surface area (Å²) in [6.07, 6.45) is 6.65. The molecule has 6 heteroatoms. The highest BCUT2D eigenvalue weighted by Crippen LogP contribution is 2.41. The van der Waals surface area contributed by atoms with Gasteiger partial charge in [-0.05, 0) is 31.4 Å². The van der Waals surface area contributed by atoms with Gasteiger partial charge in [0.25, 0.3) is 5.91 Å². The fraction of sp³-hybridized carbons (Fsp3) is 0.529. The average Bonchev–Trinajstić information content (AvgIpc) is 3.18. The van der Waals surface area contributed by atoms with Crippen LogP contribution in [0.1, 0.15) is 29.6 Å². The molecule has 122 valence electrons. The maximum Gasteiger partial charge on any atom is 0.253 e. The predicted molar refractivity (Wildman–Crippen MR) is 85.3 cm³/mol. The van der Waals surface area contributed by atoms with Crippen molar-refractivity contribution in [1.29, 1.82) is 0 Å². The zero-order valence-corrected chi connectivity index (χ0v) is 13.0. The molecule has 0 aromatic carbocycles. The number of fused-ring (bicyclic) bond motifs is 1. The van der Waals surface area contributed by atoms with Crippen LogP contribution in [0.2, 0.25) is 0 Å². The SMILES string of the molecule is O=C(NCC1CC2(CCOCC2)CO1)c1c[nH]c2ncccc12. The Balaban J connectivity index is 1.37. The van der Waals surface area contributed by atoms with Crippen LogP contribution in [-0.2, 0) is 9.47 Å². The molecule has 1 atom stereocenters. The number of nitrogens with one attached hydrogen (secondary N) is 2. The van der Waals surface area contributed by atoms with E-state index in [1.165, 1.54) is 0 Å². The first kappa shape index (κ1) is 14.7. The first-order chi connectivity index (χ1) is 11.3. The van der Waals surface area contributed by atoms with Crippen LogP contribution < -0.4 is 5.32 Å². The smallest absolute Gasteiger partial charge is 0.253 e. The molecule has 0 saturated carbocycles. The van der Waals surface area contributed by atoms with Crippen LogP contribution >= 0.6 is 0 Å². The summed E-state index contributed by atoms with van der Waals surface area (Å²) in [5.41, 5.74) is 1.63. The van der Waals surface area contributed by atoms with Crippen LogP contribution in [0, 0.1) is 5.41 Å². The van der Waals surface area contributed by atoms with Gasteiger partial charge in [-0.1, -0.05) is 0 Å². The number of aromatic amines is 1. The van der Waals surface area contributed by atoms with Gasteiger partial charge in [-0.2, -0.15) is 0 Å². The summed E-state index contributed by atoms with van der Waals surface area (Å²) in [7, 11) is 0. The fourth-order valence-electron chi connectivity index (χ4n) is 3.62. The van der Waals surface area contributed by atoms with E-state index in [1.54, 1.807) is 12.4 Å². The van der Waals surface area contributed by atoms with Crippen molar-refractivity contribution in [3.05, 3.63) is 30.1 Å². The molecule has 4 rings (SSSR count). The van der Waals surface area contributed by atoms with Crippen molar-refractivity contribution in [2.75, 3.05) is 26.4 Å². The third-order valence-corrected chi connectivity index (χ3v) is 5.03. The number of pyridine rings is 1. The number of ether oxygens (including phenoxy) is 2. The number of H-pyrrole nitrogens is 1. The van der Waals surface area contributed by atoms with Crippen LogP contribution in [0.5, 0.6) is 0 Å². The maximum absolute atomic E-state index is 12.4. The molecular formula is C17H21N3O3. The van der Waals surface area contributed by atoms with Gasteiger partial charge in [0, 0.05) is 43.0 Å². The number of carbonyl (C=O) groups is 1. The van der Waals surface area contributed by atoms with Crippen LogP contribution in [0.3, 0.4) is 0 Å². The Labute approximate surface area is 134 Å². The zero-order valence-electron chi connectivity index (χ0n) is 13.0. The van der Waals surface area contributed by atoms with Gasteiger partial charge >= 0.3 is 0 Å². The minimum absolute atomic E-state index is 0.0826. The van der Waals surface area contributed by atoms with Gasteiger partial charge in [0.1, 0.15) is 5.65 Å². The van der Waals surface area contributed by atoms with Gasteiger partial charge < -0.3 is 19.8 Å². The second-order valence-electron chi connectivity index (χ2n) is 6.56. The molecule has 2 aliphatic rings. The summed E-state index contributed by atoms with van der Waals surface area (Å²) < 4.78 is 11.4. The summed E-state index contributed by atoms with van der Waals surface area (Å²) >= 11 is 0. The number of nitrogens with zero attached hydrogens (tertiary/aromatic N) is 1. The Bertz CT molecular complexity index is 706. The van der Waals surface area contributed by atoms with E-state index in [4.69, 9.17) is 9.47 Å². The van der Waals surface area contributed by atoms with E-state index < -0.39 is 0 Å². The molecule has 2 fully saturated rings. The Morgan fingerprint density at radius 3 is 3.17 bits per heavy atom. The van der Waals surface area contributed by atoms with Crippen LogP contribution in [-0.4, -0.2) is 48.3 Å². The minimum atomic E-state index is -0.0826. The van der Waals surface area contributed by atoms with Crippen molar-refractivity contribution in [1.82, 2.24) is 15.3 Å². The summed E-state index contributed by atoms with van der Waals surface area (Å²) in [6.45, 7) is 2.98. The molecule has 2 aromatic rings. The topological polar surface area (TPSA) is 76.2 Å². The van der Waals surface area contributed by atoms with E-state index in [9.17, 15) is 4.79 Å². The molecule has 1 unspecified atom stereocenters. The lowest BCUT2D eigenvalue weighted by molar-refractivity contribution is 0.00703. The Morgan fingerprint density at radius 1 is 1.43 bits per heavy atom. The molecule has 23 heavy (non-hydrogen) atoms. The van der Waals surface area contributed by atoms with Crippen molar-refractivity contribution in [3.63, 3.8) is 0 Å². The molecule has 2 aromatic heterocycles. The highest BCUT2D eigenvalue weighted by molar-refractivity contribution is 6.05. The van der Waals surface area contributed by atoms with Gasteiger partial charge in [0.2, 0.25) is 0 Å². The molecular weight excluding hydrogens is 294 g/mol. The summed E-state index contributed by atoms with van der Waals surface area (Å²) in [6, 6.07) is 3.73. The third-order valence-electron chi connectivity index (χ3n) is 5.03. The monoisotopic (exact) mass is 315 g/mol. The van der Waals surface area contributed by atoms with Crippen molar-refractivity contribution >= 4 is 16.9 Å². The normalized spacial score (nSPS) is 23.4. The Morgan fingerprint density at radius 2 is 2.30 bits per heavy atom. The first-order valence-electron chi connectivity index (χ1n) is 8.15. The highest BCUT2D eigenvalue weighted by Gasteiger charge is 2.41. The molecule has 2 aliphatic heterocycles. The van der Waals surface area contributed by atoms with Gasteiger partial charge in [0.05, 0.1) is 18.3 Å². The second-order valence-corrected chi connectivity index (χ2v) is 6.56. The Kier molecular flexibility index (Phi) is 3.79. The van der Waals surface area contributed by atoms with E-state index >= 15 is 0 Å². The third kappa shape index (κ3) is 2.84. The van der Waals surface area contributed by atoms with Gasteiger partial charge in [0.15, 0.2) is 0 Å². The molecule has 1 spiro atoms. The van der Waals surface area contributed by atoms with Gasteiger partial charge in [-0.3, -0.25) is 4.79 Å². The van der Waals surface area contributed by atoms with Crippen LogP contribution in [0.4, 0.5) is 0 Å². The van der Waals surface area contributed by atoms with Gasteiger partial charge in [-0.25, -0.2) is 4.98 Å². The molecule has 0 aliphatic carbocycles. The quantitative estimate of drug-likeness (QED) is 0.907. The maximum atomic E-state index is 12.4. The summed E-state index contributed by atoms with van der Waals surface area (Å²) in [5, 5.41) is 3.84. The second kappa shape index (κ2) is 5.94. The lowest BCUT2D eigenvalue weighted by atomic mass is 9.78. The molecule has 1 amide bonds. The fourth-order valence-corrected chi connectivity index (χ4v) is 3.62. The average molecular weight is 315 g/mol. The highest BCUT2D eigenvalue weighted by atomic mass is 16.5. The van der Waals surface area contributed by atoms with E-state index in [-0.39, 0.29) is 17.4 Å². The van der Waals surface area contributed by atoms with Gasteiger partial charge in [-0.15, -0.1) is 0 Å². The summed E-state index contributed by atoms with van der Waals surface area (Å²) in [4.78, 5) is 19.6. The van der Waals surface area contributed by atoms with Crippen molar-refractivity contribution < 1.29 is 14.3 Å². The van der Waals surface area contributed by atoms with E-state index in [1.807, 2.05) is 12.1 Å². The molecule has 2 saturated heterocycles. The summed E-state index contributed by atoms with van der Waals surface area (Å²) in [5.74, 6) is -0.0826. The molecule has 0 bridgehead atoms. The van der Waals surface area contributed by atoms with Crippen molar-refractivity contribution in [2.45, 2.75) is 25.4 Å². The number of aromatic nitrogens is 2. The van der Waals surface area contributed by atoms with Crippen molar-refractivity contribution in [2.24, 2.45) is 5.41 Å². The number of hydrogen-bond acceptors (Lipinski definition) is 4. The van der Waals surface area contributed by atoms with E-state index in [0.717, 1.165) is 50.1 Å². The van der Waals surface area contributed by atoms with E-state index in [2.05, 4.69) is 15.3 Å². The molecule has 2 N–H and O–H groups in total.